The van der Waals surface area contributed by atoms with Crippen molar-refractivity contribution < 1.29 is 14.3 Å². The predicted octanol–water partition coefficient (Wildman–Crippen LogP) is 7.54. The zero-order valence-corrected chi connectivity index (χ0v) is 23.0. The Morgan fingerprint density at radius 1 is 1.15 bits per heavy atom. The maximum Gasteiger partial charge on any atom is 0.266 e. The average molecular weight is 652 g/mol. The topological polar surface area (TPSA) is 71.3 Å². The van der Waals surface area contributed by atoms with Crippen LogP contribution >= 0.6 is 50.1 Å². The van der Waals surface area contributed by atoms with Crippen LogP contribution in [0.5, 0.6) is 11.5 Å². The molecule has 0 spiro atoms. The number of benzene rings is 3. The van der Waals surface area contributed by atoms with Crippen LogP contribution in [-0.4, -0.2) is 12.5 Å². The number of nitrogens with zero attached hydrogens (tertiary/aromatic N) is 1. The van der Waals surface area contributed by atoms with Crippen LogP contribution in [0.3, 0.4) is 0 Å². The van der Waals surface area contributed by atoms with Crippen molar-refractivity contribution in [2.45, 2.75) is 20.5 Å². The van der Waals surface area contributed by atoms with Gasteiger partial charge >= 0.3 is 0 Å². The van der Waals surface area contributed by atoms with Crippen LogP contribution in [0.1, 0.15) is 23.6 Å². The number of nitrogens with one attached hydrogen (secondary N) is 1. The highest BCUT2D eigenvalue weighted by Gasteiger charge is 2.15. The highest BCUT2D eigenvalue weighted by molar-refractivity contribution is 14.1. The number of carbonyl (C=O) groups excluding carboxylic acids is 1. The first-order chi connectivity index (χ1) is 16.3. The molecule has 0 radical (unpaired) electrons. The smallest absolute Gasteiger partial charge is 0.266 e. The van der Waals surface area contributed by atoms with Crippen LogP contribution in [-0.2, 0) is 11.4 Å². The van der Waals surface area contributed by atoms with Gasteiger partial charge in [-0.05, 0) is 95.6 Å². The fourth-order valence-corrected chi connectivity index (χ4v) is 3.98. The lowest BCUT2D eigenvalue weighted by atomic mass is 10.1. The van der Waals surface area contributed by atoms with Gasteiger partial charge in [0.1, 0.15) is 18.2 Å². The third-order valence-electron chi connectivity index (χ3n) is 4.78. The lowest BCUT2D eigenvalue weighted by Gasteiger charge is -2.14. The van der Waals surface area contributed by atoms with Crippen LogP contribution < -0.4 is 14.8 Å². The SMILES string of the molecule is CCOc1cc(/C=C(\C#N)C(=O)Nc2cc(Cl)ccc2C)c(Br)cc1OCc1ccc(I)cc1. The highest BCUT2D eigenvalue weighted by atomic mass is 127. The zero-order chi connectivity index (χ0) is 24.7. The van der Waals surface area contributed by atoms with Crippen LogP contribution in [0.15, 0.2) is 64.6 Å². The van der Waals surface area contributed by atoms with Gasteiger partial charge < -0.3 is 14.8 Å². The Morgan fingerprint density at radius 2 is 1.85 bits per heavy atom. The van der Waals surface area contributed by atoms with E-state index < -0.39 is 5.91 Å². The minimum atomic E-state index is -0.531. The Morgan fingerprint density at radius 3 is 2.53 bits per heavy atom. The zero-order valence-electron chi connectivity index (χ0n) is 18.5. The van der Waals surface area contributed by atoms with E-state index in [1.54, 1.807) is 30.3 Å². The summed E-state index contributed by atoms with van der Waals surface area (Å²) in [6, 6.07) is 18.7. The molecular weight excluding hydrogens is 631 g/mol. The molecule has 0 aliphatic carbocycles. The molecule has 0 saturated heterocycles. The molecule has 0 aromatic heterocycles. The second-order valence-electron chi connectivity index (χ2n) is 7.25. The summed E-state index contributed by atoms with van der Waals surface area (Å²) < 4.78 is 13.6. The predicted molar refractivity (Wildman–Crippen MR) is 147 cm³/mol. The average Bonchev–Trinajstić information content (AvgIpc) is 2.81. The first-order valence-corrected chi connectivity index (χ1v) is 12.6. The van der Waals surface area contributed by atoms with Crippen molar-refractivity contribution in [2.75, 3.05) is 11.9 Å². The molecular formula is C26H21BrClIN2O3. The summed E-state index contributed by atoms with van der Waals surface area (Å²) in [5.41, 5.74) is 2.97. The van der Waals surface area contributed by atoms with Gasteiger partial charge in [0, 0.05) is 18.8 Å². The van der Waals surface area contributed by atoms with E-state index in [0.29, 0.717) is 45.5 Å². The van der Waals surface area contributed by atoms with Gasteiger partial charge in [0.25, 0.3) is 5.91 Å². The number of ether oxygens (including phenoxy) is 2. The van der Waals surface area contributed by atoms with Crippen molar-refractivity contribution in [2.24, 2.45) is 0 Å². The van der Waals surface area contributed by atoms with Crippen LogP contribution in [0, 0.1) is 21.8 Å². The number of halogens is 3. The second kappa shape index (κ2) is 12.2. The first kappa shape index (κ1) is 26.1. The number of rotatable bonds is 8. The van der Waals surface area contributed by atoms with Crippen molar-refractivity contribution in [3.8, 4) is 17.6 Å². The van der Waals surface area contributed by atoms with Gasteiger partial charge in [-0.2, -0.15) is 5.26 Å². The van der Waals surface area contributed by atoms with Crippen LogP contribution in [0.2, 0.25) is 5.02 Å². The first-order valence-electron chi connectivity index (χ1n) is 10.3. The fraction of sp³-hybridized carbons (Fsp3) is 0.154. The molecule has 3 aromatic carbocycles. The van der Waals surface area contributed by atoms with E-state index >= 15 is 0 Å². The summed E-state index contributed by atoms with van der Waals surface area (Å²) in [5.74, 6) is 0.546. The van der Waals surface area contributed by atoms with E-state index in [9.17, 15) is 10.1 Å². The molecule has 8 heteroatoms. The molecule has 0 heterocycles. The minimum absolute atomic E-state index is 0.0601. The van der Waals surface area contributed by atoms with Gasteiger partial charge in [-0.3, -0.25) is 4.79 Å². The summed E-state index contributed by atoms with van der Waals surface area (Å²) in [5, 5.41) is 12.9. The summed E-state index contributed by atoms with van der Waals surface area (Å²) in [4.78, 5) is 12.8. The molecule has 1 amide bonds. The Hall–Kier alpha value is -2.54. The Bertz CT molecular complexity index is 1270. The molecule has 3 aromatic rings. The second-order valence-corrected chi connectivity index (χ2v) is 9.79. The number of hydrogen-bond acceptors (Lipinski definition) is 4. The summed E-state index contributed by atoms with van der Waals surface area (Å²) >= 11 is 11.8. The van der Waals surface area contributed by atoms with Crippen molar-refractivity contribution in [1.29, 1.82) is 5.26 Å². The summed E-state index contributed by atoms with van der Waals surface area (Å²) in [6.45, 7) is 4.54. The van der Waals surface area contributed by atoms with Gasteiger partial charge in [-0.15, -0.1) is 0 Å². The number of amides is 1. The standard InChI is InChI=1S/C26H21BrClIN2O3/c1-3-33-24-11-18(22(27)13-25(24)34-15-17-5-8-21(29)9-6-17)10-19(14-30)26(32)31-23-12-20(28)7-4-16(23)2/h4-13H,3,15H2,1-2H3,(H,31,32)/b19-10+. The van der Waals surface area contributed by atoms with Crippen molar-refractivity contribution >= 4 is 67.8 Å². The Labute approximate surface area is 226 Å². The van der Waals surface area contributed by atoms with Gasteiger partial charge in [0.05, 0.1) is 6.61 Å². The maximum atomic E-state index is 12.8. The Balaban J connectivity index is 1.86. The number of carbonyl (C=O) groups is 1. The molecule has 0 saturated carbocycles. The van der Waals surface area contributed by atoms with Gasteiger partial charge in [-0.25, -0.2) is 0 Å². The number of anilines is 1. The molecule has 3 rings (SSSR count). The molecule has 0 aliphatic heterocycles. The summed E-state index contributed by atoms with van der Waals surface area (Å²) in [7, 11) is 0. The van der Waals surface area contributed by atoms with E-state index in [1.807, 2.05) is 44.2 Å². The van der Waals surface area contributed by atoms with E-state index in [1.165, 1.54) is 6.08 Å². The monoisotopic (exact) mass is 650 g/mol. The van der Waals surface area contributed by atoms with E-state index in [2.05, 4.69) is 43.8 Å². The molecule has 1 N–H and O–H groups in total. The number of aryl methyl sites for hydroxylation is 1. The molecule has 5 nitrogen and oxygen atoms in total. The third kappa shape index (κ3) is 6.98. The van der Waals surface area contributed by atoms with E-state index in [-0.39, 0.29) is 5.57 Å². The quantitative estimate of drug-likeness (QED) is 0.155. The highest BCUT2D eigenvalue weighted by Crippen LogP contribution is 2.35. The van der Waals surface area contributed by atoms with Gasteiger partial charge in [0.15, 0.2) is 11.5 Å². The minimum Gasteiger partial charge on any atom is -0.490 e. The van der Waals surface area contributed by atoms with Gasteiger partial charge in [0.2, 0.25) is 0 Å². The van der Waals surface area contributed by atoms with Crippen molar-refractivity contribution in [3.63, 3.8) is 0 Å². The number of nitriles is 1. The normalized spacial score (nSPS) is 11.0. The molecule has 174 valence electrons. The van der Waals surface area contributed by atoms with Crippen LogP contribution in [0.4, 0.5) is 5.69 Å². The summed E-state index contributed by atoms with van der Waals surface area (Å²) in [6.07, 6.45) is 1.50. The molecule has 0 fully saturated rings. The van der Waals surface area contributed by atoms with Crippen molar-refractivity contribution in [1.82, 2.24) is 0 Å². The lowest BCUT2D eigenvalue weighted by molar-refractivity contribution is -0.112. The molecule has 34 heavy (non-hydrogen) atoms. The van der Waals surface area contributed by atoms with Gasteiger partial charge in [-0.1, -0.05) is 45.7 Å². The molecule has 0 bridgehead atoms. The number of hydrogen-bond donors (Lipinski definition) is 1. The van der Waals surface area contributed by atoms with E-state index in [4.69, 9.17) is 21.1 Å². The van der Waals surface area contributed by atoms with Crippen LogP contribution in [0.25, 0.3) is 6.08 Å². The molecule has 0 aliphatic rings. The molecule has 0 atom stereocenters. The maximum absolute atomic E-state index is 12.8. The third-order valence-corrected chi connectivity index (χ3v) is 6.42. The lowest BCUT2D eigenvalue weighted by Crippen LogP contribution is -2.14. The van der Waals surface area contributed by atoms with Crippen molar-refractivity contribution in [3.05, 3.63) is 89.9 Å². The molecule has 0 unspecified atom stereocenters. The Kier molecular flexibility index (Phi) is 9.39. The fourth-order valence-electron chi connectivity index (χ4n) is 3.01. The largest absolute Gasteiger partial charge is 0.490 e. The van der Waals surface area contributed by atoms with E-state index in [0.717, 1.165) is 14.7 Å².